The zero-order chi connectivity index (χ0) is 13.7. The number of amides is 1. The standard InChI is InChI=1S/C13H10N2O3S/c16-13(14-11-4-2-1-3-5-11)10-6-8-12(9-7-10)19-15(17)18/h1-9H,(H,14,16). The summed E-state index contributed by atoms with van der Waals surface area (Å²) in [6, 6.07) is 15.3. The molecule has 0 fully saturated rings. The van der Waals surface area contributed by atoms with E-state index >= 15 is 0 Å². The van der Waals surface area contributed by atoms with Crippen LogP contribution in [0.25, 0.3) is 0 Å². The van der Waals surface area contributed by atoms with Gasteiger partial charge in [0.15, 0.2) is 0 Å². The normalized spacial score (nSPS) is 9.89. The highest BCUT2D eigenvalue weighted by molar-refractivity contribution is 7.93. The number of para-hydroxylation sites is 1. The molecule has 0 aliphatic carbocycles. The third-order valence-corrected chi connectivity index (χ3v) is 2.96. The van der Waals surface area contributed by atoms with Crippen molar-refractivity contribution < 1.29 is 9.12 Å². The van der Waals surface area contributed by atoms with Gasteiger partial charge >= 0.3 is 0 Å². The number of anilines is 1. The monoisotopic (exact) mass is 274 g/mol. The van der Waals surface area contributed by atoms with Gasteiger partial charge in [-0.25, -0.2) is 0 Å². The summed E-state index contributed by atoms with van der Waals surface area (Å²) < 4.78 is -0.487. The van der Waals surface area contributed by atoms with Gasteiger partial charge in [0.05, 0.1) is 4.90 Å². The summed E-state index contributed by atoms with van der Waals surface area (Å²) in [5.74, 6) is -0.246. The molecule has 0 aliphatic rings. The number of nitrogens with zero attached hydrogens (tertiary/aromatic N) is 1. The Morgan fingerprint density at radius 2 is 1.68 bits per heavy atom. The lowest BCUT2D eigenvalue weighted by atomic mass is 10.2. The van der Waals surface area contributed by atoms with Crippen LogP contribution in [0.15, 0.2) is 59.5 Å². The van der Waals surface area contributed by atoms with Gasteiger partial charge in [-0.3, -0.25) is 14.9 Å². The molecule has 0 saturated heterocycles. The summed E-state index contributed by atoms with van der Waals surface area (Å²) in [5.41, 5.74) is 1.16. The number of carbonyl (C=O) groups excluding carboxylic acids is 1. The second-order valence-electron chi connectivity index (χ2n) is 3.66. The molecule has 0 unspecified atom stereocenters. The molecule has 2 rings (SSSR count). The molecule has 1 amide bonds. The van der Waals surface area contributed by atoms with E-state index in [1.165, 1.54) is 0 Å². The molecular weight excluding hydrogens is 264 g/mol. The Morgan fingerprint density at radius 3 is 2.26 bits per heavy atom. The highest BCUT2D eigenvalue weighted by Crippen LogP contribution is 2.18. The first-order chi connectivity index (χ1) is 9.15. The number of nitrogens with one attached hydrogen (secondary N) is 1. The van der Waals surface area contributed by atoms with Gasteiger partial charge in [-0.15, -0.1) is 0 Å². The van der Waals surface area contributed by atoms with Crippen LogP contribution >= 0.6 is 11.9 Å². The van der Waals surface area contributed by atoms with E-state index in [2.05, 4.69) is 5.32 Å². The SMILES string of the molecule is O=C(Nc1ccccc1)c1ccc(S[N+](=O)[O-])cc1. The fourth-order valence-electron chi connectivity index (χ4n) is 1.48. The maximum Gasteiger partial charge on any atom is 0.265 e. The predicted octanol–water partition coefficient (Wildman–Crippen LogP) is 3.22. The van der Waals surface area contributed by atoms with Gasteiger partial charge in [0.25, 0.3) is 17.9 Å². The molecule has 2 aromatic rings. The van der Waals surface area contributed by atoms with E-state index in [1.54, 1.807) is 36.4 Å². The Hall–Kier alpha value is -2.34. The predicted molar refractivity (Wildman–Crippen MR) is 73.7 cm³/mol. The molecule has 0 heterocycles. The first kappa shape index (κ1) is 13.1. The molecule has 0 atom stereocenters. The van der Waals surface area contributed by atoms with Gasteiger partial charge in [-0.05, 0) is 36.4 Å². The fraction of sp³-hybridized carbons (Fsp3) is 0. The van der Waals surface area contributed by atoms with Crippen LogP contribution in [0.5, 0.6) is 0 Å². The summed E-state index contributed by atoms with van der Waals surface area (Å²) in [6.45, 7) is 0. The Balaban J connectivity index is 2.05. The largest absolute Gasteiger partial charge is 0.322 e. The lowest BCUT2D eigenvalue weighted by Crippen LogP contribution is -2.11. The average Bonchev–Trinajstić information content (AvgIpc) is 2.40. The second kappa shape index (κ2) is 6.01. The molecular formula is C13H10N2O3S. The summed E-state index contributed by atoms with van der Waals surface area (Å²) in [5, 5.41) is 13.1. The maximum absolute atomic E-state index is 11.9. The Kier molecular flexibility index (Phi) is 4.15. The molecule has 5 nitrogen and oxygen atoms in total. The van der Waals surface area contributed by atoms with E-state index < -0.39 is 4.33 Å². The number of hydrogen-bond donors (Lipinski definition) is 1. The fourth-order valence-corrected chi connectivity index (χ4v) is 1.91. The van der Waals surface area contributed by atoms with Crippen molar-refractivity contribution in [3.63, 3.8) is 0 Å². The molecule has 0 aliphatic heterocycles. The third kappa shape index (κ3) is 3.82. The minimum Gasteiger partial charge on any atom is -0.322 e. The number of nitro groups is 1. The van der Waals surface area contributed by atoms with Gasteiger partial charge in [0.1, 0.15) is 4.33 Å². The van der Waals surface area contributed by atoms with Crippen molar-refractivity contribution >= 4 is 23.5 Å². The van der Waals surface area contributed by atoms with Crippen molar-refractivity contribution in [2.45, 2.75) is 4.90 Å². The van der Waals surface area contributed by atoms with Crippen LogP contribution in [-0.4, -0.2) is 10.2 Å². The molecule has 0 spiro atoms. The zero-order valence-corrected chi connectivity index (χ0v) is 10.6. The highest BCUT2D eigenvalue weighted by atomic mass is 32.2. The van der Waals surface area contributed by atoms with E-state index in [4.69, 9.17) is 0 Å². The highest BCUT2D eigenvalue weighted by Gasteiger charge is 2.09. The maximum atomic E-state index is 11.9. The lowest BCUT2D eigenvalue weighted by molar-refractivity contribution is -0.284. The van der Waals surface area contributed by atoms with Crippen LogP contribution in [0.3, 0.4) is 0 Å². The molecule has 19 heavy (non-hydrogen) atoms. The number of hydrogen-bond acceptors (Lipinski definition) is 4. The molecule has 0 aromatic heterocycles. The van der Waals surface area contributed by atoms with Crippen LogP contribution in [0, 0.1) is 10.1 Å². The van der Waals surface area contributed by atoms with E-state index in [0.29, 0.717) is 28.1 Å². The number of rotatable bonds is 4. The Bertz CT molecular complexity index is 585. The quantitative estimate of drug-likeness (QED) is 0.528. The molecule has 0 bridgehead atoms. The topological polar surface area (TPSA) is 72.2 Å². The zero-order valence-electron chi connectivity index (χ0n) is 9.78. The third-order valence-electron chi connectivity index (χ3n) is 2.33. The van der Waals surface area contributed by atoms with Crippen molar-refractivity contribution in [3.8, 4) is 0 Å². The Labute approximate surface area is 113 Å². The summed E-state index contributed by atoms with van der Waals surface area (Å²) in [6.07, 6.45) is 0. The van der Waals surface area contributed by atoms with Crippen molar-refractivity contribution in [3.05, 3.63) is 70.3 Å². The average molecular weight is 274 g/mol. The summed E-state index contributed by atoms with van der Waals surface area (Å²) in [4.78, 5) is 22.7. The van der Waals surface area contributed by atoms with Gasteiger partial charge < -0.3 is 5.32 Å². The van der Waals surface area contributed by atoms with Gasteiger partial charge in [-0.2, -0.15) is 0 Å². The van der Waals surface area contributed by atoms with Crippen LogP contribution in [0.1, 0.15) is 10.4 Å². The van der Waals surface area contributed by atoms with Crippen molar-refractivity contribution in [2.24, 2.45) is 0 Å². The summed E-state index contributed by atoms with van der Waals surface area (Å²) in [7, 11) is 0. The second-order valence-corrected chi connectivity index (χ2v) is 4.61. The number of benzene rings is 2. The molecule has 1 N–H and O–H groups in total. The lowest BCUT2D eigenvalue weighted by Gasteiger charge is -2.04. The molecule has 96 valence electrons. The van der Waals surface area contributed by atoms with Crippen LogP contribution in [0.4, 0.5) is 5.69 Å². The molecule has 2 aromatic carbocycles. The Morgan fingerprint density at radius 1 is 1.05 bits per heavy atom. The first-order valence-corrected chi connectivity index (χ1v) is 6.21. The van der Waals surface area contributed by atoms with E-state index in [-0.39, 0.29) is 5.91 Å². The smallest absolute Gasteiger partial charge is 0.265 e. The van der Waals surface area contributed by atoms with E-state index in [1.807, 2.05) is 18.2 Å². The molecule has 0 saturated carbocycles. The minimum atomic E-state index is -0.487. The number of carbonyl (C=O) groups is 1. The molecule has 6 heteroatoms. The first-order valence-electron chi connectivity index (χ1n) is 5.44. The summed E-state index contributed by atoms with van der Waals surface area (Å²) >= 11 is 0.513. The van der Waals surface area contributed by atoms with Crippen molar-refractivity contribution in [1.29, 1.82) is 0 Å². The van der Waals surface area contributed by atoms with Crippen LogP contribution in [-0.2, 0) is 0 Å². The van der Waals surface area contributed by atoms with Crippen molar-refractivity contribution in [1.82, 2.24) is 0 Å². The van der Waals surface area contributed by atoms with Gasteiger partial charge in [0, 0.05) is 11.3 Å². The minimum absolute atomic E-state index is 0.246. The van der Waals surface area contributed by atoms with Crippen LogP contribution in [0.2, 0.25) is 0 Å². The van der Waals surface area contributed by atoms with Gasteiger partial charge in [0.2, 0.25) is 0 Å². The van der Waals surface area contributed by atoms with Crippen molar-refractivity contribution in [2.75, 3.05) is 5.32 Å². The van der Waals surface area contributed by atoms with E-state index in [0.717, 1.165) is 0 Å². The van der Waals surface area contributed by atoms with E-state index in [9.17, 15) is 14.9 Å². The molecule has 0 radical (unpaired) electrons. The van der Waals surface area contributed by atoms with Crippen LogP contribution < -0.4 is 5.32 Å². The van der Waals surface area contributed by atoms with Gasteiger partial charge in [-0.1, -0.05) is 18.2 Å².